The average Bonchev–Trinajstić information content (AvgIpc) is 2.64. The number of ether oxygens (including phenoxy) is 1. The third-order valence-electron chi connectivity index (χ3n) is 3.95. The van der Waals surface area contributed by atoms with Crippen molar-refractivity contribution in [3.05, 3.63) is 59.2 Å². The molecule has 0 aliphatic carbocycles. The van der Waals surface area contributed by atoms with E-state index in [9.17, 15) is 8.42 Å². The first-order valence-electron chi connectivity index (χ1n) is 9.03. The largest absolute Gasteiger partial charge is 0.496 e. The van der Waals surface area contributed by atoms with Crippen molar-refractivity contribution in [3.8, 4) is 5.75 Å². The van der Waals surface area contributed by atoms with Crippen LogP contribution in [0.3, 0.4) is 0 Å². The van der Waals surface area contributed by atoms with Crippen LogP contribution in [0.5, 0.6) is 5.75 Å². The Morgan fingerprint density at radius 2 is 1.86 bits per heavy atom. The molecule has 0 atom stereocenters. The van der Waals surface area contributed by atoms with Gasteiger partial charge in [0.1, 0.15) is 5.75 Å². The van der Waals surface area contributed by atoms with Gasteiger partial charge in [0.05, 0.1) is 25.6 Å². The lowest BCUT2D eigenvalue weighted by Gasteiger charge is -2.15. The summed E-state index contributed by atoms with van der Waals surface area (Å²) in [6.07, 6.45) is 1.14. The minimum Gasteiger partial charge on any atom is -0.496 e. The number of nitrogens with one attached hydrogen (secondary N) is 3. The third-order valence-corrected chi connectivity index (χ3v) is 4.54. The molecule has 28 heavy (non-hydrogen) atoms. The maximum absolute atomic E-state index is 11.6. The van der Waals surface area contributed by atoms with E-state index in [0.29, 0.717) is 31.3 Å². The Morgan fingerprint density at radius 3 is 2.54 bits per heavy atom. The van der Waals surface area contributed by atoms with Gasteiger partial charge in [0, 0.05) is 18.7 Å². The van der Waals surface area contributed by atoms with Crippen molar-refractivity contribution in [1.82, 2.24) is 10.6 Å². The van der Waals surface area contributed by atoms with Crippen molar-refractivity contribution in [3.63, 3.8) is 0 Å². The van der Waals surface area contributed by atoms with Crippen molar-refractivity contribution in [2.24, 2.45) is 4.99 Å². The number of nitrogens with zero attached hydrogens (tertiary/aromatic N) is 1. The van der Waals surface area contributed by atoms with Crippen LogP contribution in [0.4, 0.5) is 5.69 Å². The summed E-state index contributed by atoms with van der Waals surface area (Å²) in [4.78, 5) is 4.62. The molecule has 2 aromatic rings. The highest BCUT2D eigenvalue weighted by Gasteiger charge is 2.08. The van der Waals surface area contributed by atoms with Gasteiger partial charge in [-0.25, -0.2) is 13.4 Å². The van der Waals surface area contributed by atoms with Crippen molar-refractivity contribution in [2.45, 2.75) is 26.9 Å². The van der Waals surface area contributed by atoms with Gasteiger partial charge in [-0.1, -0.05) is 30.3 Å². The number of hydrogen-bond donors (Lipinski definition) is 3. The summed E-state index contributed by atoms with van der Waals surface area (Å²) in [6, 6.07) is 13.3. The number of anilines is 1. The quantitative estimate of drug-likeness (QED) is 0.465. The molecule has 0 bridgehead atoms. The highest BCUT2D eigenvalue weighted by molar-refractivity contribution is 7.92. The molecular formula is C20H28N4O3S. The van der Waals surface area contributed by atoms with Gasteiger partial charge in [0.15, 0.2) is 5.96 Å². The van der Waals surface area contributed by atoms with Crippen LogP contribution in [0.25, 0.3) is 0 Å². The van der Waals surface area contributed by atoms with Crippen molar-refractivity contribution < 1.29 is 13.2 Å². The van der Waals surface area contributed by atoms with Gasteiger partial charge in [-0.05, 0) is 37.1 Å². The fourth-order valence-corrected chi connectivity index (χ4v) is 3.24. The number of rotatable bonds is 8. The second kappa shape index (κ2) is 9.98. The summed E-state index contributed by atoms with van der Waals surface area (Å²) in [5.74, 6) is 1.45. The monoisotopic (exact) mass is 404 g/mol. The van der Waals surface area contributed by atoms with Crippen LogP contribution in [0.1, 0.15) is 23.6 Å². The smallest absolute Gasteiger partial charge is 0.229 e. The molecular weight excluding hydrogens is 376 g/mol. The molecule has 3 N–H and O–H groups in total. The first-order valence-corrected chi connectivity index (χ1v) is 10.9. The number of aliphatic imine (C=N–C) groups is 1. The Balaban J connectivity index is 2.13. The molecule has 0 aliphatic rings. The summed E-state index contributed by atoms with van der Waals surface area (Å²) in [5.41, 5.74) is 3.49. The molecule has 0 unspecified atom stereocenters. The van der Waals surface area contributed by atoms with Crippen LogP contribution in [0.15, 0.2) is 47.5 Å². The predicted octanol–water partition coefficient (Wildman–Crippen LogP) is 2.63. The van der Waals surface area contributed by atoms with Crippen LogP contribution in [-0.2, 0) is 23.1 Å². The van der Waals surface area contributed by atoms with E-state index >= 15 is 0 Å². The van der Waals surface area contributed by atoms with E-state index in [4.69, 9.17) is 4.74 Å². The zero-order valence-electron chi connectivity index (χ0n) is 16.7. The van der Waals surface area contributed by atoms with Crippen molar-refractivity contribution in [2.75, 3.05) is 24.6 Å². The van der Waals surface area contributed by atoms with Gasteiger partial charge in [-0.3, -0.25) is 4.72 Å². The highest BCUT2D eigenvalue weighted by atomic mass is 32.2. The maximum atomic E-state index is 11.6. The molecule has 0 fully saturated rings. The summed E-state index contributed by atoms with van der Waals surface area (Å²) in [5, 5.41) is 6.44. The Bertz CT molecular complexity index is 927. The van der Waals surface area contributed by atoms with Gasteiger partial charge < -0.3 is 15.4 Å². The zero-order valence-corrected chi connectivity index (χ0v) is 17.6. The van der Waals surface area contributed by atoms with E-state index in [-0.39, 0.29) is 0 Å². The predicted molar refractivity (Wildman–Crippen MR) is 114 cm³/mol. The minimum atomic E-state index is -3.34. The fourth-order valence-electron chi connectivity index (χ4n) is 2.64. The Hall–Kier alpha value is -2.74. The fraction of sp³-hybridized carbons (Fsp3) is 0.350. The molecule has 152 valence electrons. The van der Waals surface area contributed by atoms with E-state index in [0.717, 1.165) is 28.7 Å². The zero-order chi connectivity index (χ0) is 20.6. The highest BCUT2D eigenvalue weighted by Crippen LogP contribution is 2.20. The molecule has 0 aromatic heterocycles. The molecule has 8 heteroatoms. The first-order chi connectivity index (χ1) is 13.3. The van der Waals surface area contributed by atoms with Crippen LogP contribution in [0.2, 0.25) is 0 Å². The molecule has 2 rings (SSSR count). The first kappa shape index (κ1) is 21.6. The number of para-hydroxylation sites is 1. The van der Waals surface area contributed by atoms with Crippen molar-refractivity contribution in [1.29, 1.82) is 0 Å². The molecule has 0 spiro atoms. The summed E-state index contributed by atoms with van der Waals surface area (Å²) in [7, 11) is -1.69. The number of hydrogen-bond acceptors (Lipinski definition) is 4. The molecule has 0 heterocycles. The number of sulfonamides is 1. The topological polar surface area (TPSA) is 91.8 Å². The van der Waals surface area contributed by atoms with Gasteiger partial charge in [-0.15, -0.1) is 0 Å². The standard InChI is InChI=1S/C20H28N4O3S/c1-5-21-20(23-14-17-11-10-15(2)12-19(17)27-3)22-13-16-8-6-7-9-18(16)24-28(4,25)26/h6-12,24H,5,13-14H2,1-4H3,(H2,21,22,23). The van der Waals surface area contributed by atoms with E-state index < -0.39 is 10.0 Å². The molecule has 7 nitrogen and oxygen atoms in total. The summed E-state index contributed by atoms with van der Waals surface area (Å²) < 4.78 is 31.1. The van der Waals surface area contributed by atoms with E-state index in [1.807, 2.05) is 44.2 Å². The molecule has 0 saturated carbocycles. The second-order valence-corrected chi connectivity index (χ2v) is 8.14. The SMILES string of the molecule is CCNC(=NCc1ccc(C)cc1OC)NCc1ccccc1NS(C)(=O)=O. The summed E-state index contributed by atoms with van der Waals surface area (Å²) >= 11 is 0. The second-order valence-electron chi connectivity index (χ2n) is 6.40. The van der Waals surface area contributed by atoms with Gasteiger partial charge in [0.25, 0.3) is 0 Å². The van der Waals surface area contributed by atoms with Gasteiger partial charge in [-0.2, -0.15) is 0 Å². The third kappa shape index (κ3) is 6.77. The minimum absolute atomic E-state index is 0.426. The number of methoxy groups -OCH3 is 1. The maximum Gasteiger partial charge on any atom is 0.229 e. The molecule has 0 saturated heterocycles. The van der Waals surface area contributed by atoms with Crippen LogP contribution < -0.4 is 20.1 Å². The van der Waals surface area contributed by atoms with E-state index in [1.165, 1.54) is 0 Å². The lowest BCUT2D eigenvalue weighted by atomic mass is 10.1. The molecule has 0 aliphatic heterocycles. The van der Waals surface area contributed by atoms with E-state index in [1.54, 1.807) is 19.2 Å². The molecule has 2 aromatic carbocycles. The number of guanidine groups is 1. The van der Waals surface area contributed by atoms with Gasteiger partial charge >= 0.3 is 0 Å². The molecule has 0 radical (unpaired) electrons. The van der Waals surface area contributed by atoms with Crippen LogP contribution in [0, 0.1) is 6.92 Å². The molecule has 0 amide bonds. The van der Waals surface area contributed by atoms with Crippen LogP contribution >= 0.6 is 0 Å². The lowest BCUT2D eigenvalue weighted by Crippen LogP contribution is -2.37. The normalized spacial score (nSPS) is 11.8. The Morgan fingerprint density at radius 1 is 1.11 bits per heavy atom. The van der Waals surface area contributed by atoms with Gasteiger partial charge in [0.2, 0.25) is 10.0 Å². The lowest BCUT2D eigenvalue weighted by molar-refractivity contribution is 0.409. The Labute approximate surface area is 167 Å². The number of benzene rings is 2. The summed E-state index contributed by atoms with van der Waals surface area (Å²) in [6.45, 7) is 5.60. The average molecular weight is 405 g/mol. The van der Waals surface area contributed by atoms with E-state index in [2.05, 4.69) is 20.3 Å². The van der Waals surface area contributed by atoms with Crippen molar-refractivity contribution >= 4 is 21.7 Å². The van der Waals surface area contributed by atoms with Crippen LogP contribution in [-0.4, -0.2) is 34.3 Å². The number of aryl methyl sites for hydroxylation is 1. The Kier molecular flexibility index (Phi) is 7.69.